The first-order valence-corrected chi connectivity index (χ1v) is 7.24. The van der Waals surface area contributed by atoms with E-state index in [4.69, 9.17) is 11.6 Å². The molecule has 0 spiro atoms. The van der Waals surface area contributed by atoms with Crippen LogP contribution < -0.4 is 10.6 Å². The van der Waals surface area contributed by atoms with Crippen molar-refractivity contribution >= 4 is 23.3 Å². The third kappa shape index (κ3) is 4.20. The van der Waals surface area contributed by atoms with E-state index in [-0.39, 0.29) is 11.9 Å². The topological polar surface area (TPSA) is 54.0 Å². The normalized spacial score (nSPS) is 11.8. The molecule has 1 aromatic carbocycles. The Morgan fingerprint density at radius 3 is 2.76 bits per heavy atom. The number of rotatable bonds is 5. The lowest BCUT2D eigenvalue weighted by atomic mass is 10.1. The van der Waals surface area contributed by atoms with Crippen LogP contribution in [0.4, 0.5) is 5.82 Å². The van der Waals surface area contributed by atoms with E-state index in [9.17, 15) is 4.79 Å². The molecule has 0 aliphatic carbocycles. The molecule has 0 radical (unpaired) electrons. The third-order valence-corrected chi connectivity index (χ3v) is 3.31. The molecule has 1 atom stereocenters. The first-order valence-electron chi connectivity index (χ1n) is 6.86. The zero-order valence-electron chi connectivity index (χ0n) is 12.1. The summed E-state index contributed by atoms with van der Waals surface area (Å²) in [6.07, 6.45) is 1.57. The molecular formula is C16H18ClN3O. The molecule has 1 amide bonds. The predicted octanol–water partition coefficient (Wildman–Crippen LogP) is 3.66. The summed E-state index contributed by atoms with van der Waals surface area (Å²) in [5.74, 6) is 0.606. The molecule has 2 aromatic rings. The molecule has 1 heterocycles. The third-order valence-electron chi connectivity index (χ3n) is 3.08. The molecule has 0 aliphatic rings. The smallest absolute Gasteiger partial charge is 0.253 e. The number of benzene rings is 1. The fourth-order valence-corrected chi connectivity index (χ4v) is 2.15. The van der Waals surface area contributed by atoms with Crippen LogP contribution in [0.5, 0.6) is 0 Å². The van der Waals surface area contributed by atoms with Gasteiger partial charge in [0.25, 0.3) is 5.91 Å². The van der Waals surface area contributed by atoms with Crippen LogP contribution in [0.15, 0.2) is 42.6 Å². The molecule has 2 rings (SSSR count). The minimum Gasteiger partial charge on any atom is -0.370 e. The molecule has 2 N–H and O–H groups in total. The summed E-state index contributed by atoms with van der Waals surface area (Å²) in [7, 11) is 0. The number of carbonyl (C=O) groups excluding carboxylic acids is 1. The average molecular weight is 304 g/mol. The first-order chi connectivity index (χ1) is 10.1. The van der Waals surface area contributed by atoms with Crippen LogP contribution in [0.25, 0.3) is 0 Å². The summed E-state index contributed by atoms with van der Waals surface area (Å²) in [6, 6.07) is 10.9. The molecule has 21 heavy (non-hydrogen) atoms. The van der Waals surface area contributed by atoms with E-state index in [1.165, 1.54) is 0 Å². The Morgan fingerprint density at radius 1 is 1.33 bits per heavy atom. The van der Waals surface area contributed by atoms with Gasteiger partial charge in [0.05, 0.1) is 11.6 Å². The summed E-state index contributed by atoms with van der Waals surface area (Å²) in [4.78, 5) is 16.4. The predicted molar refractivity (Wildman–Crippen MR) is 85.7 cm³/mol. The standard InChI is InChI=1S/C16H18ClN3O/c1-3-18-15-8-7-13(10-19-15)16(21)20-11(2)12-5-4-6-14(17)9-12/h4-11H,3H2,1-2H3,(H,18,19)(H,20,21). The van der Waals surface area contributed by atoms with Gasteiger partial charge in [-0.25, -0.2) is 4.98 Å². The Labute approximate surface area is 129 Å². The van der Waals surface area contributed by atoms with Crippen molar-refractivity contribution in [3.63, 3.8) is 0 Å². The summed E-state index contributed by atoms with van der Waals surface area (Å²) in [5, 5.41) is 6.68. The lowest BCUT2D eigenvalue weighted by Crippen LogP contribution is -2.26. The van der Waals surface area contributed by atoms with Gasteiger partial charge < -0.3 is 10.6 Å². The van der Waals surface area contributed by atoms with E-state index in [2.05, 4.69) is 15.6 Å². The van der Waals surface area contributed by atoms with Gasteiger partial charge in [-0.05, 0) is 43.7 Å². The second-order valence-electron chi connectivity index (χ2n) is 4.71. The summed E-state index contributed by atoms with van der Waals surface area (Å²) < 4.78 is 0. The Morgan fingerprint density at radius 2 is 2.14 bits per heavy atom. The number of hydrogen-bond acceptors (Lipinski definition) is 3. The van der Waals surface area contributed by atoms with E-state index < -0.39 is 0 Å². The summed E-state index contributed by atoms with van der Waals surface area (Å²) in [6.45, 7) is 4.71. The van der Waals surface area contributed by atoms with Gasteiger partial charge in [0.2, 0.25) is 0 Å². The van der Waals surface area contributed by atoms with Crippen molar-refractivity contribution in [3.8, 4) is 0 Å². The van der Waals surface area contributed by atoms with Crippen molar-refractivity contribution in [1.29, 1.82) is 0 Å². The van der Waals surface area contributed by atoms with Crippen LogP contribution in [0.3, 0.4) is 0 Å². The van der Waals surface area contributed by atoms with Gasteiger partial charge >= 0.3 is 0 Å². The van der Waals surface area contributed by atoms with Crippen LogP contribution in [-0.4, -0.2) is 17.4 Å². The largest absolute Gasteiger partial charge is 0.370 e. The van der Waals surface area contributed by atoms with Crippen molar-refractivity contribution < 1.29 is 4.79 Å². The van der Waals surface area contributed by atoms with Gasteiger partial charge in [0, 0.05) is 17.8 Å². The number of nitrogens with zero attached hydrogens (tertiary/aromatic N) is 1. The molecule has 0 saturated carbocycles. The fraction of sp³-hybridized carbons (Fsp3) is 0.250. The van der Waals surface area contributed by atoms with Gasteiger partial charge in [0.1, 0.15) is 5.82 Å². The fourth-order valence-electron chi connectivity index (χ4n) is 1.95. The van der Waals surface area contributed by atoms with Gasteiger partial charge in [-0.15, -0.1) is 0 Å². The average Bonchev–Trinajstić information content (AvgIpc) is 2.48. The van der Waals surface area contributed by atoms with Crippen molar-refractivity contribution in [2.45, 2.75) is 19.9 Å². The molecule has 0 fully saturated rings. The summed E-state index contributed by atoms with van der Waals surface area (Å²) >= 11 is 5.96. The molecule has 0 bridgehead atoms. The molecule has 5 heteroatoms. The highest BCUT2D eigenvalue weighted by Gasteiger charge is 2.12. The minimum atomic E-state index is -0.155. The lowest BCUT2D eigenvalue weighted by Gasteiger charge is -2.14. The highest BCUT2D eigenvalue weighted by atomic mass is 35.5. The molecule has 1 unspecified atom stereocenters. The van der Waals surface area contributed by atoms with E-state index in [1.54, 1.807) is 18.3 Å². The van der Waals surface area contributed by atoms with Crippen molar-refractivity contribution in [2.24, 2.45) is 0 Å². The zero-order chi connectivity index (χ0) is 15.2. The highest BCUT2D eigenvalue weighted by Crippen LogP contribution is 2.17. The van der Waals surface area contributed by atoms with Gasteiger partial charge in [-0.1, -0.05) is 23.7 Å². The minimum absolute atomic E-state index is 0.121. The molecule has 0 aliphatic heterocycles. The van der Waals surface area contributed by atoms with Crippen LogP contribution in [0, 0.1) is 0 Å². The number of pyridine rings is 1. The van der Waals surface area contributed by atoms with Gasteiger partial charge in [-0.3, -0.25) is 4.79 Å². The van der Waals surface area contributed by atoms with Gasteiger partial charge in [-0.2, -0.15) is 0 Å². The molecule has 110 valence electrons. The maximum absolute atomic E-state index is 12.2. The second-order valence-corrected chi connectivity index (χ2v) is 5.15. The van der Waals surface area contributed by atoms with Crippen LogP contribution in [0.2, 0.25) is 5.02 Å². The highest BCUT2D eigenvalue weighted by molar-refractivity contribution is 6.30. The number of anilines is 1. The maximum Gasteiger partial charge on any atom is 0.253 e. The van der Waals surface area contributed by atoms with E-state index in [1.807, 2.05) is 38.1 Å². The van der Waals surface area contributed by atoms with Crippen LogP contribution in [0.1, 0.15) is 35.8 Å². The van der Waals surface area contributed by atoms with Crippen molar-refractivity contribution in [1.82, 2.24) is 10.3 Å². The first kappa shape index (κ1) is 15.3. The number of amides is 1. The zero-order valence-corrected chi connectivity index (χ0v) is 12.8. The molecule has 4 nitrogen and oxygen atoms in total. The van der Waals surface area contributed by atoms with E-state index in [0.29, 0.717) is 10.6 Å². The Kier molecular flexibility index (Phi) is 5.17. The number of nitrogens with one attached hydrogen (secondary N) is 2. The second kappa shape index (κ2) is 7.09. The van der Waals surface area contributed by atoms with Crippen molar-refractivity contribution in [2.75, 3.05) is 11.9 Å². The van der Waals surface area contributed by atoms with Crippen molar-refractivity contribution in [3.05, 3.63) is 58.7 Å². The SMILES string of the molecule is CCNc1ccc(C(=O)NC(C)c2cccc(Cl)c2)cn1. The summed E-state index contributed by atoms with van der Waals surface area (Å²) in [5.41, 5.74) is 1.50. The monoisotopic (exact) mass is 303 g/mol. The number of carbonyl (C=O) groups is 1. The van der Waals surface area contributed by atoms with Crippen LogP contribution >= 0.6 is 11.6 Å². The van der Waals surface area contributed by atoms with E-state index >= 15 is 0 Å². The quantitative estimate of drug-likeness (QED) is 0.886. The number of halogens is 1. The molecule has 0 saturated heterocycles. The Bertz CT molecular complexity index is 613. The Hall–Kier alpha value is -2.07. The molecule has 1 aromatic heterocycles. The molecular weight excluding hydrogens is 286 g/mol. The number of hydrogen-bond donors (Lipinski definition) is 2. The Balaban J connectivity index is 2.03. The van der Waals surface area contributed by atoms with Crippen LogP contribution in [-0.2, 0) is 0 Å². The maximum atomic E-state index is 12.2. The number of aromatic nitrogens is 1. The lowest BCUT2D eigenvalue weighted by molar-refractivity contribution is 0.0939. The van der Waals surface area contributed by atoms with Gasteiger partial charge in [0.15, 0.2) is 0 Å². The van der Waals surface area contributed by atoms with E-state index in [0.717, 1.165) is 17.9 Å².